The summed E-state index contributed by atoms with van der Waals surface area (Å²) in [6.07, 6.45) is 1.76. The minimum atomic E-state index is -0.431. The Morgan fingerprint density at radius 1 is 0.870 bits per heavy atom. The topological polar surface area (TPSA) is 75.6 Å². The number of hydrogen-bond acceptors (Lipinski definition) is 4. The van der Waals surface area contributed by atoms with Crippen LogP contribution in [-0.2, 0) is 4.79 Å². The van der Waals surface area contributed by atoms with Crippen molar-refractivity contribution in [3.8, 4) is 11.5 Å². The minimum absolute atomic E-state index is 0.0284. The van der Waals surface area contributed by atoms with Crippen LogP contribution in [0.4, 0.5) is 0 Å². The Bertz CT molecular complexity index is 638. The van der Waals surface area contributed by atoms with Gasteiger partial charge in [-0.2, -0.15) is 0 Å². The van der Waals surface area contributed by atoms with Crippen molar-refractivity contribution in [2.24, 2.45) is 0 Å². The molecule has 0 bridgehead atoms. The Labute approximate surface area is 134 Å². The summed E-state index contributed by atoms with van der Waals surface area (Å²) in [7, 11) is 0. The maximum absolute atomic E-state index is 12.0. The number of ketones is 1. The van der Waals surface area contributed by atoms with Crippen molar-refractivity contribution < 1.29 is 19.5 Å². The van der Waals surface area contributed by atoms with Crippen molar-refractivity contribution in [3.05, 3.63) is 60.2 Å². The number of ether oxygens (including phenoxy) is 1. The summed E-state index contributed by atoms with van der Waals surface area (Å²) < 4.78 is 5.67. The fourth-order valence-corrected chi connectivity index (χ4v) is 2.10. The highest BCUT2D eigenvalue weighted by molar-refractivity contribution is 5.96. The fourth-order valence-electron chi connectivity index (χ4n) is 2.10. The Hall–Kier alpha value is -2.66. The minimum Gasteiger partial charge on any atom is -0.457 e. The molecule has 0 aliphatic carbocycles. The number of hydrogen-bond donors (Lipinski definition) is 2. The van der Waals surface area contributed by atoms with Crippen LogP contribution >= 0.6 is 0 Å². The number of carbonyl (C=O) groups is 2. The smallest absolute Gasteiger partial charge is 0.243 e. The molecule has 2 aromatic rings. The first-order chi connectivity index (χ1) is 11.2. The van der Waals surface area contributed by atoms with E-state index in [0.29, 0.717) is 30.6 Å². The van der Waals surface area contributed by atoms with Crippen molar-refractivity contribution >= 4 is 11.7 Å². The summed E-state index contributed by atoms with van der Waals surface area (Å²) in [5.41, 5.74) is 2.20. The van der Waals surface area contributed by atoms with Crippen LogP contribution in [-0.4, -0.2) is 16.9 Å². The quantitative estimate of drug-likeness (QED) is 0.337. The third-order valence-corrected chi connectivity index (χ3v) is 3.34. The van der Waals surface area contributed by atoms with Crippen LogP contribution in [0.5, 0.6) is 11.5 Å². The van der Waals surface area contributed by atoms with Gasteiger partial charge in [-0.1, -0.05) is 18.2 Å². The van der Waals surface area contributed by atoms with Gasteiger partial charge in [-0.3, -0.25) is 14.8 Å². The van der Waals surface area contributed by atoms with E-state index in [9.17, 15) is 9.59 Å². The van der Waals surface area contributed by atoms with Crippen molar-refractivity contribution in [3.63, 3.8) is 0 Å². The number of amides is 1. The highest BCUT2D eigenvalue weighted by Gasteiger charge is 2.07. The zero-order valence-electron chi connectivity index (χ0n) is 12.7. The summed E-state index contributed by atoms with van der Waals surface area (Å²) in [5, 5.41) is 8.37. The van der Waals surface area contributed by atoms with Crippen LogP contribution in [0, 0.1) is 0 Å². The van der Waals surface area contributed by atoms with Crippen LogP contribution in [0.25, 0.3) is 0 Å². The molecule has 2 N–H and O–H groups in total. The zero-order valence-corrected chi connectivity index (χ0v) is 12.7. The van der Waals surface area contributed by atoms with Gasteiger partial charge in [-0.05, 0) is 49.2 Å². The second-order valence-electron chi connectivity index (χ2n) is 5.10. The van der Waals surface area contributed by atoms with Gasteiger partial charge in [-0.25, -0.2) is 5.48 Å². The third kappa shape index (κ3) is 5.56. The number of Topliss-reactive ketones (excluding diaryl/α,β-unsaturated/α-hetero) is 1. The second-order valence-corrected chi connectivity index (χ2v) is 5.10. The summed E-state index contributed by atoms with van der Waals surface area (Å²) in [4.78, 5) is 22.9. The first kappa shape index (κ1) is 16.7. The van der Waals surface area contributed by atoms with E-state index in [1.54, 1.807) is 29.7 Å². The standard InChI is InChI=1S/C18H19NO4/c20-17(8-4-5-9-18(21)19-22)14-10-12-16(13-11-14)23-15-6-2-1-3-7-15/h1-3,6-7,10-13,22H,4-5,8-9H2,(H,19,21). The third-order valence-electron chi connectivity index (χ3n) is 3.34. The number of nitrogens with one attached hydrogen (secondary N) is 1. The summed E-state index contributed by atoms with van der Waals surface area (Å²) in [6, 6.07) is 16.4. The largest absolute Gasteiger partial charge is 0.457 e. The average molecular weight is 313 g/mol. The van der Waals surface area contributed by atoms with Crippen molar-refractivity contribution in [1.82, 2.24) is 5.48 Å². The molecule has 23 heavy (non-hydrogen) atoms. The predicted octanol–water partition coefficient (Wildman–Crippen LogP) is 3.73. The lowest BCUT2D eigenvalue weighted by Crippen LogP contribution is -2.17. The molecule has 2 rings (SSSR count). The Morgan fingerprint density at radius 2 is 1.48 bits per heavy atom. The zero-order chi connectivity index (χ0) is 16.5. The number of carbonyl (C=O) groups excluding carboxylic acids is 2. The van der Waals surface area contributed by atoms with Gasteiger partial charge in [0.15, 0.2) is 5.78 Å². The Balaban J connectivity index is 1.82. The molecule has 0 aliphatic heterocycles. The SMILES string of the molecule is O=C(CCCCC(=O)c1ccc(Oc2ccccc2)cc1)NO. The highest BCUT2D eigenvalue weighted by Crippen LogP contribution is 2.21. The van der Waals surface area contributed by atoms with E-state index in [4.69, 9.17) is 9.94 Å². The van der Waals surface area contributed by atoms with Crippen LogP contribution in [0.15, 0.2) is 54.6 Å². The van der Waals surface area contributed by atoms with E-state index in [1.165, 1.54) is 0 Å². The van der Waals surface area contributed by atoms with E-state index in [-0.39, 0.29) is 12.2 Å². The molecule has 0 atom stereocenters. The lowest BCUT2D eigenvalue weighted by molar-refractivity contribution is -0.129. The molecule has 0 radical (unpaired) electrons. The molecule has 0 aromatic heterocycles. The van der Waals surface area contributed by atoms with Crippen LogP contribution in [0.1, 0.15) is 36.0 Å². The van der Waals surface area contributed by atoms with E-state index in [2.05, 4.69) is 0 Å². The molecule has 0 unspecified atom stereocenters. The van der Waals surface area contributed by atoms with Gasteiger partial charge in [0.2, 0.25) is 5.91 Å². The summed E-state index contributed by atoms with van der Waals surface area (Å²) >= 11 is 0. The number of benzene rings is 2. The normalized spacial score (nSPS) is 10.1. The van der Waals surface area contributed by atoms with Gasteiger partial charge < -0.3 is 4.74 Å². The Kier molecular flexibility index (Phi) is 6.32. The molecule has 0 spiro atoms. The molecule has 0 fully saturated rings. The number of para-hydroxylation sites is 1. The van der Waals surface area contributed by atoms with Crippen LogP contribution < -0.4 is 10.2 Å². The first-order valence-corrected chi connectivity index (χ1v) is 7.48. The number of rotatable bonds is 8. The lowest BCUT2D eigenvalue weighted by atomic mass is 10.0. The molecule has 0 heterocycles. The van der Waals surface area contributed by atoms with Crippen LogP contribution in [0.2, 0.25) is 0 Å². The van der Waals surface area contributed by atoms with E-state index in [0.717, 1.165) is 5.75 Å². The molecule has 0 saturated carbocycles. The fraction of sp³-hybridized carbons (Fsp3) is 0.222. The predicted molar refractivity (Wildman–Crippen MR) is 85.7 cm³/mol. The molecule has 0 aliphatic rings. The Morgan fingerprint density at radius 3 is 2.13 bits per heavy atom. The van der Waals surface area contributed by atoms with E-state index in [1.807, 2.05) is 30.3 Å². The number of hydroxylamine groups is 1. The van der Waals surface area contributed by atoms with Gasteiger partial charge in [0, 0.05) is 18.4 Å². The van der Waals surface area contributed by atoms with Crippen molar-refractivity contribution in [2.75, 3.05) is 0 Å². The molecular weight excluding hydrogens is 294 g/mol. The molecule has 120 valence electrons. The van der Waals surface area contributed by atoms with Crippen molar-refractivity contribution in [2.45, 2.75) is 25.7 Å². The summed E-state index contributed by atoms with van der Waals surface area (Å²) in [5.74, 6) is 1.02. The van der Waals surface area contributed by atoms with Crippen LogP contribution in [0.3, 0.4) is 0 Å². The van der Waals surface area contributed by atoms with Gasteiger partial charge in [0.05, 0.1) is 0 Å². The number of unbranched alkanes of at least 4 members (excludes halogenated alkanes) is 1. The second kappa shape index (κ2) is 8.70. The first-order valence-electron chi connectivity index (χ1n) is 7.48. The van der Waals surface area contributed by atoms with E-state index < -0.39 is 5.91 Å². The van der Waals surface area contributed by atoms with Gasteiger partial charge >= 0.3 is 0 Å². The molecular formula is C18H19NO4. The molecule has 1 amide bonds. The maximum atomic E-state index is 12.0. The van der Waals surface area contributed by atoms with Gasteiger partial charge in [0.1, 0.15) is 11.5 Å². The lowest BCUT2D eigenvalue weighted by Gasteiger charge is -2.06. The van der Waals surface area contributed by atoms with Gasteiger partial charge in [-0.15, -0.1) is 0 Å². The van der Waals surface area contributed by atoms with Crippen molar-refractivity contribution in [1.29, 1.82) is 0 Å². The molecule has 5 nitrogen and oxygen atoms in total. The van der Waals surface area contributed by atoms with E-state index >= 15 is 0 Å². The molecule has 5 heteroatoms. The average Bonchev–Trinajstić information content (AvgIpc) is 2.60. The maximum Gasteiger partial charge on any atom is 0.243 e. The summed E-state index contributed by atoms with van der Waals surface area (Å²) in [6.45, 7) is 0. The highest BCUT2D eigenvalue weighted by atomic mass is 16.5. The monoisotopic (exact) mass is 313 g/mol. The molecule has 2 aromatic carbocycles. The molecule has 0 saturated heterocycles. The van der Waals surface area contributed by atoms with Gasteiger partial charge in [0.25, 0.3) is 0 Å².